The Bertz CT molecular complexity index is 1210. The Morgan fingerprint density at radius 1 is 0.833 bits per heavy atom. The lowest BCUT2D eigenvalue weighted by molar-refractivity contribution is -0.00520. The van der Waals surface area contributed by atoms with Crippen LogP contribution in [0, 0.1) is 17.8 Å². The van der Waals surface area contributed by atoms with Crippen molar-refractivity contribution in [3.8, 4) is 11.5 Å². The number of hydrogen-bond donors (Lipinski definition) is 2. The highest BCUT2D eigenvalue weighted by molar-refractivity contribution is 6.03. The molecule has 0 atom stereocenters. The highest BCUT2D eigenvalue weighted by Gasteiger charge is 2.51. The van der Waals surface area contributed by atoms with E-state index < -0.39 is 0 Å². The molecule has 4 aliphatic carbocycles. The number of rotatable bonds is 7. The van der Waals surface area contributed by atoms with Gasteiger partial charge in [-0.3, -0.25) is 4.79 Å². The van der Waals surface area contributed by atoms with E-state index in [0.29, 0.717) is 16.7 Å². The van der Waals surface area contributed by atoms with Crippen molar-refractivity contribution in [2.24, 2.45) is 22.9 Å². The van der Waals surface area contributed by atoms with Gasteiger partial charge in [0.25, 0.3) is 5.91 Å². The number of carbonyl (C=O) groups is 1. The van der Waals surface area contributed by atoms with E-state index >= 15 is 0 Å². The predicted molar refractivity (Wildman–Crippen MR) is 140 cm³/mol. The van der Waals surface area contributed by atoms with Crippen LogP contribution in [-0.2, 0) is 5.41 Å². The van der Waals surface area contributed by atoms with Crippen molar-refractivity contribution in [2.75, 3.05) is 6.61 Å². The summed E-state index contributed by atoms with van der Waals surface area (Å²) in [5.74, 6) is 3.35. The number of hydrogen-bond acceptors (Lipinski definition) is 4. The Kier molecular flexibility index (Phi) is 6.00. The maximum atomic E-state index is 12.5. The molecule has 4 saturated carbocycles. The average Bonchev–Trinajstić information content (AvgIpc) is 2.89. The number of carbonyl (C=O) groups excluding carboxylic acids is 1. The first-order valence-corrected chi connectivity index (χ1v) is 13.0. The summed E-state index contributed by atoms with van der Waals surface area (Å²) < 4.78 is 6.14. The number of phenols is 1. The Hall–Kier alpha value is -3.60. The second-order valence-corrected chi connectivity index (χ2v) is 10.9. The minimum atomic E-state index is -0.344. The minimum Gasteiger partial charge on any atom is -0.508 e. The van der Waals surface area contributed by atoms with Gasteiger partial charge in [0, 0.05) is 11.1 Å². The van der Waals surface area contributed by atoms with Gasteiger partial charge >= 0.3 is 0 Å². The number of ether oxygens (including phenoxy) is 1. The highest BCUT2D eigenvalue weighted by Crippen LogP contribution is 2.60. The van der Waals surface area contributed by atoms with E-state index in [4.69, 9.17) is 4.74 Å². The Balaban J connectivity index is 1.15. The van der Waals surface area contributed by atoms with Gasteiger partial charge in [-0.15, -0.1) is 0 Å². The second kappa shape index (κ2) is 9.45. The molecule has 0 heterocycles. The molecule has 3 aromatic carbocycles. The summed E-state index contributed by atoms with van der Waals surface area (Å²) in [6.45, 7) is 0.233. The van der Waals surface area contributed by atoms with Crippen LogP contribution in [0.25, 0.3) is 0 Å². The van der Waals surface area contributed by atoms with Gasteiger partial charge in [-0.05, 0) is 104 Å². The molecule has 0 radical (unpaired) electrons. The number of phenolic OH excluding ortho intramolecular Hbond substituents is 1. The highest BCUT2D eigenvalue weighted by atomic mass is 16.5. The molecular weight excluding hydrogens is 448 g/mol. The minimum absolute atomic E-state index is 0.114. The number of hydrazone groups is 1. The van der Waals surface area contributed by atoms with E-state index in [1.54, 1.807) is 12.1 Å². The van der Waals surface area contributed by atoms with Crippen molar-refractivity contribution < 1.29 is 14.6 Å². The van der Waals surface area contributed by atoms with Crippen LogP contribution in [0.2, 0.25) is 0 Å². The van der Waals surface area contributed by atoms with E-state index in [-0.39, 0.29) is 18.3 Å². The number of nitrogens with one attached hydrogen (secondary N) is 1. The van der Waals surface area contributed by atoms with Crippen molar-refractivity contribution in [3.05, 3.63) is 95.6 Å². The molecule has 5 heteroatoms. The standard InChI is InChI=1S/C31H32N2O3/c34-27-10-6-25(7-11-27)30(35)33-32-29(24-4-2-1-3-5-24)20-36-28-12-8-26(9-13-28)31-17-21-14-22(18-31)16-23(15-21)19-31/h1-13,21-23,34H,14-20H2,(H,33,35)/b32-29-. The van der Waals surface area contributed by atoms with Crippen molar-refractivity contribution in [1.29, 1.82) is 0 Å². The van der Waals surface area contributed by atoms with Gasteiger partial charge in [0.05, 0.1) is 0 Å². The maximum absolute atomic E-state index is 12.5. The van der Waals surface area contributed by atoms with Gasteiger partial charge in [-0.25, -0.2) is 5.43 Å². The lowest BCUT2D eigenvalue weighted by atomic mass is 9.48. The van der Waals surface area contributed by atoms with Gasteiger partial charge < -0.3 is 9.84 Å². The Morgan fingerprint density at radius 2 is 1.44 bits per heavy atom. The molecular formula is C31H32N2O3. The molecule has 0 aromatic heterocycles. The van der Waals surface area contributed by atoms with Crippen molar-refractivity contribution in [1.82, 2.24) is 5.43 Å². The topological polar surface area (TPSA) is 70.9 Å². The van der Waals surface area contributed by atoms with Crippen LogP contribution in [-0.4, -0.2) is 23.3 Å². The zero-order valence-electron chi connectivity index (χ0n) is 20.4. The van der Waals surface area contributed by atoms with Crippen LogP contribution < -0.4 is 10.2 Å². The summed E-state index contributed by atoms with van der Waals surface area (Å²) >= 11 is 0. The van der Waals surface area contributed by atoms with Crippen molar-refractivity contribution >= 4 is 11.6 Å². The summed E-state index contributed by atoms with van der Waals surface area (Å²) in [5.41, 5.74) is 6.42. The molecule has 1 amide bonds. The average molecular weight is 481 g/mol. The zero-order valence-corrected chi connectivity index (χ0v) is 20.4. The molecule has 5 nitrogen and oxygen atoms in total. The molecule has 184 valence electrons. The normalized spacial score (nSPS) is 26.6. The fourth-order valence-electron chi connectivity index (χ4n) is 7.13. The first-order chi connectivity index (χ1) is 17.6. The lowest BCUT2D eigenvalue weighted by Gasteiger charge is -2.57. The Labute approximate surface area is 212 Å². The van der Waals surface area contributed by atoms with Crippen LogP contribution in [0.3, 0.4) is 0 Å². The first kappa shape index (κ1) is 22.8. The Morgan fingerprint density at radius 3 is 2.06 bits per heavy atom. The summed E-state index contributed by atoms with van der Waals surface area (Å²) in [6.07, 6.45) is 8.40. The summed E-state index contributed by atoms with van der Waals surface area (Å²) in [5, 5.41) is 13.8. The van der Waals surface area contributed by atoms with E-state index in [1.807, 2.05) is 30.3 Å². The third kappa shape index (κ3) is 4.62. The fourth-order valence-corrected chi connectivity index (χ4v) is 7.13. The molecule has 0 unspecified atom stereocenters. The molecule has 4 fully saturated rings. The molecule has 4 bridgehead atoms. The van der Waals surface area contributed by atoms with Gasteiger partial charge in [-0.1, -0.05) is 42.5 Å². The summed E-state index contributed by atoms with van der Waals surface area (Å²) in [7, 11) is 0. The first-order valence-electron chi connectivity index (χ1n) is 13.0. The summed E-state index contributed by atoms with van der Waals surface area (Å²) in [6, 6.07) is 24.5. The maximum Gasteiger partial charge on any atom is 0.271 e. The molecule has 0 saturated heterocycles. The zero-order chi connectivity index (χ0) is 24.5. The third-order valence-corrected chi connectivity index (χ3v) is 8.41. The number of benzene rings is 3. The molecule has 0 aliphatic heterocycles. The van der Waals surface area contributed by atoms with Crippen LogP contribution in [0.1, 0.15) is 60.0 Å². The van der Waals surface area contributed by atoms with Gasteiger partial charge in [-0.2, -0.15) is 5.10 Å². The molecule has 0 spiro atoms. The molecule has 3 aromatic rings. The van der Waals surface area contributed by atoms with E-state index in [1.165, 1.54) is 56.2 Å². The third-order valence-electron chi connectivity index (χ3n) is 8.41. The van der Waals surface area contributed by atoms with Crippen LogP contribution in [0.15, 0.2) is 84.0 Å². The number of nitrogens with zero attached hydrogens (tertiary/aromatic N) is 1. The molecule has 2 N–H and O–H groups in total. The van der Waals surface area contributed by atoms with Crippen LogP contribution in [0.5, 0.6) is 11.5 Å². The number of amides is 1. The fraction of sp³-hybridized carbons (Fsp3) is 0.355. The smallest absolute Gasteiger partial charge is 0.271 e. The van der Waals surface area contributed by atoms with E-state index in [0.717, 1.165) is 29.1 Å². The quantitative estimate of drug-likeness (QED) is 0.318. The van der Waals surface area contributed by atoms with E-state index in [2.05, 4.69) is 34.8 Å². The monoisotopic (exact) mass is 480 g/mol. The molecule has 36 heavy (non-hydrogen) atoms. The van der Waals surface area contributed by atoms with Gasteiger partial charge in [0.2, 0.25) is 0 Å². The van der Waals surface area contributed by atoms with Crippen LogP contribution >= 0.6 is 0 Å². The van der Waals surface area contributed by atoms with Gasteiger partial charge in [0.1, 0.15) is 23.8 Å². The van der Waals surface area contributed by atoms with Crippen molar-refractivity contribution in [2.45, 2.75) is 43.9 Å². The lowest BCUT2D eigenvalue weighted by Crippen LogP contribution is -2.48. The van der Waals surface area contributed by atoms with Crippen molar-refractivity contribution in [3.63, 3.8) is 0 Å². The van der Waals surface area contributed by atoms with Gasteiger partial charge in [0.15, 0.2) is 0 Å². The van der Waals surface area contributed by atoms with E-state index in [9.17, 15) is 9.90 Å². The molecule has 4 aliphatic rings. The summed E-state index contributed by atoms with van der Waals surface area (Å²) in [4.78, 5) is 12.5. The second-order valence-electron chi connectivity index (χ2n) is 10.9. The SMILES string of the molecule is O=C(N/N=C(/COc1ccc(C23CC4CC(CC(C4)C2)C3)cc1)c1ccccc1)c1ccc(O)cc1. The predicted octanol–water partition coefficient (Wildman–Crippen LogP) is 6.07. The number of aromatic hydroxyl groups is 1. The largest absolute Gasteiger partial charge is 0.508 e. The van der Waals surface area contributed by atoms with Crippen LogP contribution in [0.4, 0.5) is 0 Å². The molecule has 7 rings (SSSR count).